The summed E-state index contributed by atoms with van der Waals surface area (Å²) in [6.45, 7) is 7.53. The molecule has 0 fully saturated rings. The predicted molar refractivity (Wildman–Crippen MR) is 136 cm³/mol. The van der Waals surface area contributed by atoms with Crippen LogP contribution in [0.3, 0.4) is 0 Å². The summed E-state index contributed by atoms with van der Waals surface area (Å²) in [5.74, 6) is -1.84. The molecule has 0 saturated carbocycles. The highest BCUT2D eigenvalue weighted by molar-refractivity contribution is 6.15. The molecule has 0 bridgehead atoms. The number of esters is 2. The Morgan fingerprint density at radius 1 is 1.00 bits per heavy atom. The average molecular weight is 510 g/mol. The van der Waals surface area contributed by atoms with Gasteiger partial charge in [-0.2, -0.15) is 0 Å². The number of amides is 2. The number of aliphatic imine (C=N–C) groups is 1. The number of carbonyl (C=O) groups is 4. The first-order valence-corrected chi connectivity index (χ1v) is 11.7. The first kappa shape index (κ1) is 27.4. The van der Waals surface area contributed by atoms with Crippen molar-refractivity contribution >= 4 is 35.3 Å². The number of aryl methyl sites for hydroxylation is 1. The van der Waals surface area contributed by atoms with Crippen LogP contribution >= 0.6 is 0 Å². The Morgan fingerprint density at radius 3 is 2.35 bits per heavy atom. The van der Waals surface area contributed by atoms with E-state index in [0.29, 0.717) is 16.8 Å². The lowest BCUT2D eigenvalue weighted by molar-refractivity contribution is -0.153. The molecule has 2 aromatic carbocycles. The summed E-state index contributed by atoms with van der Waals surface area (Å²) >= 11 is 0. The number of nitrogens with zero attached hydrogens (tertiary/aromatic N) is 2. The third-order valence-corrected chi connectivity index (χ3v) is 5.19. The van der Waals surface area contributed by atoms with Crippen LogP contribution in [0.25, 0.3) is 0 Å². The summed E-state index contributed by atoms with van der Waals surface area (Å²) in [4.78, 5) is 56.2. The monoisotopic (exact) mass is 509 g/mol. The van der Waals surface area contributed by atoms with E-state index in [1.54, 1.807) is 58.0 Å². The molecule has 1 aliphatic rings. The molecule has 1 aliphatic heterocycles. The predicted octanol–water partition coefficient (Wildman–Crippen LogP) is 3.29. The first-order valence-electron chi connectivity index (χ1n) is 11.7. The van der Waals surface area contributed by atoms with E-state index >= 15 is 0 Å². The van der Waals surface area contributed by atoms with Gasteiger partial charge in [-0.25, -0.2) is 4.79 Å². The molecule has 0 saturated heterocycles. The number of rotatable bonds is 7. The zero-order chi connectivity index (χ0) is 27.2. The summed E-state index contributed by atoms with van der Waals surface area (Å²) in [5.41, 5.74) is 1.82. The molecule has 2 aromatic rings. The molecule has 10 heteroatoms. The topological polar surface area (TPSA) is 124 Å². The van der Waals surface area contributed by atoms with Crippen LogP contribution in [0.15, 0.2) is 53.5 Å². The van der Waals surface area contributed by atoms with E-state index < -0.39 is 42.3 Å². The van der Waals surface area contributed by atoms with Crippen molar-refractivity contribution in [1.82, 2.24) is 5.32 Å². The Morgan fingerprint density at radius 2 is 1.70 bits per heavy atom. The smallest absolute Gasteiger partial charge is 0.409 e. The van der Waals surface area contributed by atoms with Gasteiger partial charge in [0, 0.05) is 12.5 Å². The molecule has 1 unspecified atom stereocenters. The van der Waals surface area contributed by atoms with Crippen LogP contribution in [-0.4, -0.2) is 54.6 Å². The molecule has 1 N–H and O–H groups in total. The second-order valence-corrected chi connectivity index (χ2v) is 9.45. The molecule has 3 rings (SSSR count). The molecular weight excluding hydrogens is 478 g/mol. The van der Waals surface area contributed by atoms with Gasteiger partial charge >= 0.3 is 18.0 Å². The van der Waals surface area contributed by atoms with Crippen molar-refractivity contribution in [3.63, 3.8) is 0 Å². The summed E-state index contributed by atoms with van der Waals surface area (Å²) in [5, 5.41) is 2.47. The van der Waals surface area contributed by atoms with Gasteiger partial charge in [0.1, 0.15) is 25.4 Å². The van der Waals surface area contributed by atoms with Crippen LogP contribution in [0.1, 0.15) is 44.4 Å². The van der Waals surface area contributed by atoms with Gasteiger partial charge in [-0.15, -0.1) is 0 Å². The Bertz CT molecular complexity index is 1200. The first-order chi connectivity index (χ1) is 17.4. The normalized spacial score (nSPS) is 15.2. The summed E-state index contributed by atoms with van der Waals surface area (Å²) < 4.78 is 15.9. The van der Waals surface area contributed by atoms with E-state index in [4.69, 9.17) is 14.2 Å². The molecule has 2 amide bonds. The SMILES string of the molecule is CC(=O)OCC1=NC(NC(=O)OCc2ccccc2)C(=O)N(CC(=O)OC(C)(C)C)c2c(C)cccc21. The van der Waals surface area contributed by atoms with Crippen molar-refractivity contribution in [2.45, 2.75) is 53.0 Å². The third kappa shape index (κ3) is 7.63. The molecule has 0 radical (unpaired) electrons. The van der Waals surface area contributed by atoms with Crippen LogP contribution in [0.5, 0.6) is 0 Å². The van der Waals surface area contributed by atoms with Crippen molar-refractivity contribution in [2.75, 3.05) is 18.1 Å². The molecule has 0 aliphatic carbocycles. The van der Waals surface area contributed by atoms with Crippen molar-refractivity contribution in [2.24, 2.45) is 4.99 Å². The van der Waals surface area contributed by atoms with E-state index in [1.807, 2.05) is 18.2 Å². The number of ether oxygens (including phenoxy) is 3. The quantitative estimate of drug-likeness (QED) is 0.449. The third-order valence-electron chi connectivity index (χ3n) is 5.19. The van der Waals surface area contributed by atoms with Crippen LogP contribution in [0.4, 0.5) is 10.5 Å². The number of benzene rings is 2. The fourth-order valence-corrected chi connectivity index (χ4v) is 3.70. The average Bonchev–Trinajstić information content (AvgIpc) is 2.92. The van der Waals surface area contributed by atoms with Crippen molar-refractivity contribution in [3.05, 3.63) is 65.2 Å². The number of alkyl carbamates (subject to hydrolysis) is 1. The lowest BCUT2D eigenvalue weighted by atomic mass is 10.0. The van der Waals surface area contributed by atoms with Gasteiger partial charge < -0.3 is 14.2 Å². The Balaban J connectivity index is 1.95. The lowest BCUT2D eigenvalue weighted by Crippen LogP contribution is -2.49. The van der Waals surface area contributed by atoms with Crippen molar-refractivity contribution < 1.29 is 33.4 Å². The van der Waals surface area contributed by atoms with Gasteiger partial charge in [0.05, 0.1) is 11.4 Å². The van der Waals surface area contributed by atoms with Gasteiger partial charge in [0.15, 0.2) is 0 Å². The zero-order valence-corrected chi connectivity index (χ0v) is 21.6. The van der Waals surface area contributed by atoms with E-state index in [9.17, 15) is 19.2 Å². The molecule has 1 heterocycles. The molecule has 196 valence electrons. The number of para-hydroxylation sites is 1. The van der Waals surface area contributed by atoms with Gasteiger partial charge in [-0.3, -0.25) is 29.6 Å². The highest BCUT2D eigenvalue weighted by Gasteiger charge is 2.36. The fourth-order valence-electron chi connectivity index (χ4n) is 3.70. The van der Waals surface area contributed by atoms with Crippen molar-refractivity contribution in [3.8, 4) is 0 Å². The summed E-state index contributed by atoms with van der Waals surface area (Å²) in [6, 6.07) is 14.3. The zero-order valence-electron chi connectivity index (χ0n) is 21.6. The van der Waals surface area contributed by atoms with Gasteiger partial charge in [0.25, 0.3) is 5.91 Å². The van der Waals surface area contributed by atoms with Crippen LogP contribution in [0, 0.1) is 6.92 Å². The second kappa shape index (κ2) is 11.7. The number of nitrogens with one attached hydrogen (secondary N) is 1. The Labute approximate surface area is 215 Å². The van der Waals surface area contributed by atoms with E-state index in [-0.39, 0.29) is 18.9 Å². The van der Waals surface area contributed by atoms with Crippen molar-refractivity contribution in [1.29, 1.82) is 0 Å². The maximum atomic E-state index is 13.7. The second-order valence-electron chi connectivity index (χ2n) is 9.45. The largest absolute Gasteiger partial charge is 0.459 e. The van der Waals surface area contributed by atoms with Gasteiger partial charge in [-0.05, 0) is 38.8 Å². The molecule has 0 spiro atoms. The molecule has 10 nitrogen and oxygen atoms in total. The highest BCUT2D eigenvalue weighted by atomic mass is 16.6. The standard InChI is InChI=1S/C27H31N3O7/c1-17-10-9-13-20-21(16-35-18(2)31)28-24(29-26(34)36-15-19-11-7-6-8-12-19)25(33)30(23(17)20)14-22(32)37-27(3,4)5/h6-13,24H,14-16H2,1-5H3,(H,29,34). The fraction of sp³-hybridized carbons (Fsp3) is 0.370. The van der Waals surface area contributed by atoms with E-state index in [0.717, 1.165) is 5.56 Å². The Hall–Kier alpha value is -4.21. The van der Waals surface area contributed by atoms with Crippen LogP contribution in [0.2, 0.25) is 0 Å². The maximum Gasteiger partial charge on any atom is 0.409 e. The number of benzodiazepines with no additional fused rings is 1. The number of hydrogen-bond acceptors (Lipinski definition) is 8. The van der Waals surface area contributed by atoms with E-state index in [2.05, 4.69) is 10.3 Å². The number of hydrogen-bond donors (Lipinski definition) is 1. The lowest BCUT2D eigenvalue weighted by Gasteiger charge is -2.28. The van der Waals surface area contributed by atoms with E-state index in [1.165, 1.54) is 11.8 Å². The molecule has 37 heavy (non-hydrogen) atoms. The van der Waals surface area contributed by atoms with Crippen LogP contribution < -0.4 is 10.2 Å². The van der Waals surface area contributed by atoms with Crippen LogP contribution in [-0.2, 0) is 35.2 Å². The minimum atomic E-state index is -1.44. The highest BCUT2D eigenvalue weighted by Crippen LogP contribution is 2.30. The summed E-state index contributed by atoms with van der Waals surface area (Å²) in [7, 11) is 0. The molecular formula is C27H31N3O7. The van der Waals surface area contributed by atoms with Gasteiger partial charge in [-0.1, -0.05) is 48.5 Å². The maximum absolute atomic E-state index is 13.7. The minimum absolute atomic E-state index is 0.0153. The number of anilines is 1. The number of fused-ring (bicyclic) bond motifs is 1. The number of carbonyl (C=O) groups excluding carboxylic acids is 4. The molecule has 1 atom stereocenters. The van der Waals surface area contributed by atoms with Gasteiger partial charge in [0.2, 0.25) is 6.17 Å². The Kier molecular flexibility index (Phi) is 8.65. The molecule has 0 aromatic heterocycles. The summed E-state index contributed by atoms with van der Waals surface area (Å²) in [6.07, 6.45) is -2.32. The minimum Gasteiger partial charge on any atom is -0.459 e.